The Labute approximate surface area is 159 Å². The molecule has 3 amide bonds. The fraction of sp³-hybridized carbons (Fsp3) is 0.450. The van der Waals surface area contributed by atoms with Gasteiger partial charge in [-0.2, -0.15) is 5.10 Å². The predicted octanol–water partition coefficient (Wildman–Crippen LogP) is 2.22. The smallest absolute Gasteiger partial charge is 0.317 e. The molecule has 2 aromatic rings. The lowest BCUT2D eigenvalue weighted by molar-refractivity contribution is 0.0694. The number of carbonyl (C=O) groups excluding carboxylic acids is 2. The molecular weight excluding hydrogens is 342 g/mol. The van der Waals surface area contributed by atoms with Crippen LogP contribution in [-0.2, 0) is 6.54 Å². The van der Waals surface area contributed by atoms with Crippen LogP contribution in [0.4, 0.5) is 4.79 Å². The summed E-state index contributed by atoms with van der Waals surface area (Å²) in [5.74, 6) is 0.0283. The first-order chi connectivity index (χ1) is 13.2. The maximum Gasteiger partial charge on any atom is 0.317 e. The lowest BCUT2D eigenvalue weighted by Crippen LogP contribution is -2.53. The summed E-state index contributed by atoms with van der Waals surface area (Å²) in [4.78, 5) is 28.9. The number of carbonyl (C=O) groups is 2. The van der Waals surface area contributed by atoms with E-state index in [1.54, 1.807) is 11.1 Å². The van der Waals surface area contributed by atoms with Gasteiger partial charge in [0.2, 0.25) is 0 Å². The van der Waals surface area contributed by atoms with Crippen LogP contribution in [0.2, 0.25) is 0 Å². The minimum absolute atomic E-state index is 0.0161. The van der Waals surface area contributed by atoms with Gasteiger partial charge in [-0.1, -0.05) is 18.2 Å². The Hall–Kier alpha value is -2.83. The molecule has 1 aromatic carbocycles. The molecule has 144 valence electrons. The van der Waals surface area contributed by atoms with Crippen LogP contribution in [0, 0.1) is 0 Å². The Bertz CT molecular complexity index is 732. The standard InChI is InChI=1S/C20H27N5O2/c1-2-23(14-15-25-13-7-11-21-25)20(27)22-18-10-6-12-24(16-18)19(26)17-8-4-3-5-9-17/h3-5,7-9,11,13,18H,2,6,10,12,14-16H2,1H3,(H,22,27)/t18-/m0/s1. The van der Waals surface area contributed by atoms with Crippen molar-refractivity contribution >= 4 is 11.9 Å². The van der Waals surface area contributed by atoms with Crippen LogP contribution in [0.5, 0.6) is 0 Å². The van der Waals surface area contributed by atoms with E-state index in [9.17, 15) is 9.59 Å². The Morgan fingerprint density at radius 2 is 2.07 bits per heavy atom. The molecule has 1 aromatic heterocycles. The van der Waals surface area contributed by atoms with Crippen molar-refractivity contribution in [3.05, 3.63) is 54.4 Å². The largest absolute Gasteiger partial charge is 0.337 e. The van der Waals surface area contributed by atoms with Gasteiger partial charge in [-0.05, 0) is 38.0 Å². The van der Waals surface area contributed by atoms with Crippen LogP contribution in [0.25, 0.3) is 0 Å². The number of rotatable bonds is 6. The quantitative estimate of drug-likeness (QED) is 0.849. The van der Waals surface area contributed by atoms with Gasteiger partial charge in [0.15, 0.2) is 0 Å². The zero-order valence-electron chi connectivity index (χ0n) is 15.8. The fourth-order valence-electron chi connectivity index (χ4n) is 3.37. The number of hydrogen-bond acceptors (Lipinski definition) is 3. The number of piperidine rings is 1. The molecule has 0 radical (unpaired) electrons. The van der Waals surface area contributed by atoms with Gasteiger partial charge < -0.3 is 15.1 Å². The Kier molecular flexibility index (Phi) is 6.46. The molecule has 1 atom stereocenters. The van der Waals surface area contributed by atoms with Gasteiger partial charge >= 0.3 is 6.03 Å². The Morgan fingerprint density at radius 3 is 2.78 bits per heavy atom. The summed E-state index contributed by atoms with van der Waals surface area (Å²) in [5.41, 5.74) is 0.693. The summed E-state index contributed by atoms with van der Waals surface area (Å²) in [5, 5.41) is 7.27. The van der Waals surface area contributed by atoms with Crippen LogP contribution in [0.3, 0.4) is 0 Å². The third kappa shape index (κ3) is 5.09. The van der Waals surface area contributed by atoms with E-state index in [0.29, 0.717) is 31.7 Å². The van der Waals surface area contributed by atoms with Crippen LogP contribution in [0.15, 0.2) is 48.8 Å². The molecule has 1 N–H and O–H groups in total. The number of nitrogens with one attached hydrogen (secondary N) is 1. The number of nitrogens with zero attached hydrogens (tertiary/aromatic N) is 4. The van der Waals surface area contributed by atoms with Crippen molar-refractivity contribution in [3.8, 4) is 0 Å². The highest BCUT2D eigenvalue weighted by atomic mass is 16.2. The molecule has 0 saturated carbocycles. The molecule has 0 spiro atoms. The molecular formula is C20H27N5O2. The summed E-state index contributed by atoms with van der Waals surface area (Å²) in [6, 6.07) is 11.1. The Morgan fingerprint density at radius 1 is 1.26 bits per heavy atom. The number of amides is 3. The van der Waals surface area contributed by atoms with Crippen LogP contribution in [-0.4, -0.2) is 63.7 Å². The second-order valence-corrected chi connectivity index (χ2v) is 6.75. The number of likely N-dealkylation sites (tertiary alicyclic amines) is 1. The van der Waals surface area contributed by atoms with Crippen LogP contribution >= 0.6 is 0 Å². The van der Waals surface area contributed by atoms with Gasteiger partial charge in [0.05, 0.1) is 6.54 Å². The fourth-order valence-corrected chi connectivity index (χ4v) is 3.37. The van der Waals surface area contributed by atoms with Crippen molar-refractivity contribution in [2.75, 3.05) is 26.2 Å². The van der Waals surface area contributed by atoms with E-state index in [4.69, 9.17) is 0 Å². The molecule has 1 aliphatic heterocycles. The zero-order chi connectivity index (χ0) is 19.1. The van der Waals surface area contributed by atoms with Crippen molar-refractivity contribution in [3.63, 3.8) is 0 Å². The third-order valence-electron chi connectivity index (χ3n) is 4.88. The molecule has 0 bridgehead atoms. The lowest BCUT2D eigenvalue weighted by atomic mass is 10.0. The summed E-state index contributed by atoms with van der Waals surface area (Å²) in [7, 11) is 0. The summed E-state index contributed by atoms with van der Waals surface area (Å²) >= 11 is 0. The van der Waals surface area contributed by atoms with E-state index >= 15 is 0 Å². The van der Waals surface area contributed by atoms with Crippen molar-refractivity contribution in [1.82, 2.24) is 24.9 Å². The SMILES string of the molecule is CCN(CCn1cccn1)C(=O)N[C@H]1CCCN(C(=O)c2ccccc2)C1. The summed E-state index contributed by atoms with van der Waals surface area (Å²) in [6.07, 6.45) is 5.40. The number of urea groups is 1. The van der Waals surface area contributed by atoms with Crippen LogP contribution in [0.1, 0.15) is 30.1 Å². The molecule has 1 fully saturated rings. The van der Waals surface area contributed by atoms with Crippen LogP contribution < -0.4 is 5.32 Å². The van der Waals surface area contributed by atoms with Gasteiger partial charge in [0.25, 0.3) is 5.91 Å². The zero-order valence-corrected chi connectivity index (χ0v) is 15.8. The molecule has 7 nitrogen and oxygen atoms in total. The van der Waals surface area contributed by atoms with Crippen molar-refractivity contribution in [1.29, 1.82) is 0 Å². The Balaban J connectivity index is 1.52. The normalized spacial score (nSPS) is 16.8. The monoisotopic (exact) mass is 369 g/mol. The lowest BCUT2D eigenvalue weighted by Gasteiger charge is -2.34. The molecule has 27 heavy (non-hydrogen) atoms. The topological polar surface area (TPSA) is 70.5 Å². The molecule has 7 heteroatoms. The average Bonchev–Trinajstić information content (AvgIpc) is 3.22. The predicted molar refractivity (Wildman–Crippen MR) is 103 cm³/mol. The first-order valence-electron chi connectivity index (χ1n) is 9.54. The minimum atomic E-state index is -0.0799. The average molecular weight is 369 g/mol. The first-order valence-corrected chi connectivity index (χ1v) is 9.54. The molecule has 3 rings (SSSR count). The molecule has 0 aliphatic carbocycles. The molecule has 2 heterocycles. The highest BCUT2D eigenvalue weighted by Gasteiger charge is 2.26. The van der Waals surface area contributed by atoms with Gasteiger partial charge in [-0.3, -0.25) is 9.48 Å². The van der Waals surface area contributed by atoms with Crippen molar-refractivity contribution in [2.45, 2.75) is 32.4 Å². The summed E-state index contributed by atoms with van der Waals surface area (Å²) in [6.45, 7) is 5.15. The molecule has 0 unspecified atom stereocenters. The van der Waals surface area contributed by atoms with E-state index in [2.05, 4.69) is 10.4 Å². The van der Waals surface area contributed by atoms with Gasteiger partial charge in [-0.15, -0.1) is 0 Å². The number of aromatic nitrogens is 2. The van der Waals surface area contributed by atoms with Gasteiger partial charge in [-0.25, -0.2) is 4.79 Å². The van der Waals surface area contributed by atoms with E-state index in [1.807, 2.05) is 59.1 Å². The number of hydrogen-bond donors (Lipinski definition) is 1. The van der Waals surface area contributed by atoms with E-state index in [0.717, 1.165) is 19.4 Å². The maximum absolute atomic E-state index is 12.6. The van der Waals surface area contributed by atoms with Crippen molar-refractivity contribution in [2.24, 2.45) is 0 Å². The molecule has 1 saturated heterocycles. The molecule has 1 aliphatic rings. The second kappa shape index (κ2) is 9.21. The maximum atomic E-state index is 12.6. The van der Waals surface area contributed by atoms with E-state index < -0.39 is 0 Å². The number of benzene rings is 1. The summed E-state index contributed by atoms with van der Waals surface area (Å²) < 4.78 is 1.82. The minimum Gasteiger partial charge on any atom is -0.337 e. The van der Waals surface area contributed by atoms with Gasteiger partial charge in [0.1, 0.15) is 0 Å². The van der Waals surface area contributed by atoms with Crippen molar-refractivity contribution < 1.29 is 9.59 Å². The highest BCUT2D eigenvalue weighted by molar-refractivity contribution is 5.94. The third-order valence-corrected chi connectivity index (χ3v) is 4.88. The second-order valence-electron chi connectivity index (χ2n) is 6.75. The first kappa shape index (κ1) is 18.9. The highest BCUT2D eigenvalue weighted by Crippen LogP contribution is 2.14. The van der Waals surface area contributed by atoms with E-state index in [1.165, 1.54) is 0 Å². The van der Waals surface area contributed by atoms with Gasteiger partial charge in [0, 0.05) is 50.2 Å². The number of likely N-dealkylation sites (N-methyl/N-ethyl adjacent to an activating group) is 1. The van der Waals surface area contributed by atoms with E-state index in [-0.39, 0.29) is 18.0 Å².